The van der Waals surface area contributed by atoms with Crippen LogP contribution in [0.4, 0.5) is 0 Å². The second-order valence-corrected chi connectivity index (χ2v) is 5.78. The average molecular weight is 327 g/mol. The van der Waals surface area contributed by atoms with E-state index in [9.17, 15) is 4.79 Å². The SMILES string of the molecule is CCc1cc([C@@H]2CCCN2C(=O)c2cc(-c3ccco3)on2)on1. The topological polar surface area (TPSA) is 85.5 Å². The molecule has 0 saturated carbocycles. The van der Waals surface area contributed by atoms with E-state index >= 15 is 0 Å². The fourth-order valence-corrected chi connectivity index (χ4v) is 3.02. The minimum atomic E-state index is -0.173. The van der Waals surface area contributed by atoms with Crippen molar-refractivity contribution < 1.29 is 18.3 Å². The highest BCUT2D eigenvalue weighted by Gasteiger charge is 2.34. The molecule has 4 heterocycles. The first kappa shape index (κ1) is 14.7. The molecule has 0 N–H and O–H groups in total. The van der Waals surface area contributed by atoms with Crippen LogP contribution in [0, 0.1) is 0 Å². The van der Waals surface area contributed by atoms with Gasteiger partial charge in [-0.05, 0) is 31.4 Å². The lowest BCUT2D eigenvalue weighted by atomic mass is 10.1. The Morgan fingerprint density at radius 3 is 2.96 bits per heavy atom. The van der Waals surface area contributed by atoms with Gasteiger partial charge in [-0.2, -0.15) is 0 Å². The number of likely N-dealkylation sites (tertiary alicyclic amines) is 1. The third kappa shape index (κ3) is 2.51. The van der Waals surface area contributed by atoms with Gasteiger partial charge in [0, 0.05) is 18.7 Å². The second-order valence-electron chi connectivity index (χ2n) is 5.78. The van der Waals surface area contributed by atoms with Crippen LogP contribution < -0.4 is 0 Å². The van der Waals surface area contributed by atoms with Crippen molar-refractivity contribution in [3.05, 3.63) is 47.7 Å². The minimum absolute atomic E-state index is 0.103. The Morgan fingerprint density at radius 2 is 2.21 bits per heavy atom. The third-order valence-electron chi connectivity index (χ3n) is 4.27. The number of carbonyl (C=O) groups is 1. The van der Waals surface area contributed by atoms with Gasteiger partial charge in [0.05, 0.1) is 18.0 Å². The van der Waals surface area contributed by atoms with E-state index in [2.05, 4.69) is 10.3 Å². The molecule has 124 valence electrons. The van der Waals surface area contributed by atoms with Crippen molar-refractivity contribution in [2.75, 3.05) is 6.54 Å². The van der Waals surface area contributed by atoms with Crippen molar-refractivity contribution in [3.8, 4) is 11.5 Å². The predicted molar refractivity (Wildman–Crippen MR) is 83.1 cm³/mol. The average Bonchev–Trinajstić information content (AvgIpc) is 3.41. The molecule has 4 rings (SSSR count). The second kappa shape index (κ2) is 5.99. The summed E-state index contributed by atoms with van der Waals surface area (Å²) in [4.78, 5) is 14.6. The van der Waals surface area contributed by atoms with Gasteiger partial charge in [0.1, 0.15) is 0 Å². The van der Waals surface area contributed by atoms with Gasteiger partial charge in [-0.3, -0.25) is 4.79 Å². The van der Waals surface area contributed by atoms with Crippen molar-refractivity contribution in [2.45, 2.75) is 32.2 Å². The summed E-state index contributed by atoms with van der Waals surface area (Å²) in [6, 6.07) is 6.94. The summed E-state index contributed by atoms with van der Waals surface area (Å²) in [7, 11) is 0. The number of nitrogens with zero attached hydrogens (tertiary/aromatic N) is 3. The van der Waals surface area contributed by atoms with Crippen molar-refractivity contribution in [1.82, 2.24) is 15.2 Å². The zero-order chi connectivity index (χ0) is 16.5. The molecule has 7 nitrogen and oxygen atoms in total. The van der Waals surface area contributed by atoms with Crippen LogP contribution in [0.15, 0.2) is 44.0 Å². The molecule has 0 unspecified atom stereocenters. The molecular weight excluding hydrogens is 310 g/mol. The summed E-state index contributed by atoms with van der Waals surface area (Å²) in [5.41, 5.74) is 1.16. The fraction of sp³-hybridized carbons (Fsp3) is 0.353. The lowest BCUT2D eigenvalue weighted by Gasteiger charge is -2.21. The van der Waals surface area contributed by atoms with Crippen LogP contribution in [0.1, 0.15) is 47.7 Å². The maximum Gasteiger partial charge on any atom is 0.276 e. The molecule has 0 bridgehead atoms. The summed E-state index contributed by atoms with van der Waals surface area (Å²) in [6.07, 6.45) is 4.12. The minimum Gasteiger partial charge on any atom is -0.461 e. The number of rotatable bonds is 4. The zero-order valence-electron chi connectivity index (χ0n) is 13.3. The molecule has 7 heteroatoms. The normalized spacial score (nSPS) is 17.5. The Bertz CT molecular complexity index is 834. The number of aryl methyl sites for hydroxylation is 1. The quantitative estimate of drug-likeness (QED) is 0.729. The third-order valence-corrected chi connectivity index (χ3v) is 4.27. The Labute approximate surface area is 138 Å². The van der Waals surface area contributed by atoms with Crippen LogP contribution in [0.5, 0.6) is 0 Å². The molecule has 1 amide bonds. The van der Waals surface area contributed by atoms with E-state index in [1.807, 2.05) is 13.0 Å². The van der Waals surface area contributed by atoms with E-state index < -0.39 is 0 Å². The first-order chi connectivity index (χ1) is 11.8. The molecule has 0 aromatic carbocycles. The number of amides is 1. The van der Waals surface area contributed by atoms with Crippen LogP contribution in [0.25, 0.3) is 11.5 Å². The Hall–Kier alpha value is -2.83. The van der Waals surface area contributed by atoms with E-state index in [0.29, 0.717) is 18.1 Å². The van der Waals surface area contributed by atoms with Crippen LogP contribution >= 0.6 is 0 Å². The fourth-order valence-electron chi connectivity index (χ4n) is 3.02. The van der Waals surface area contributed by atoms with Crippen molar-refractivity contribution in [1.29, 1.82) is 0 Å². The zero-order valence-corrected chi connectivity index (χ0v) is 13.3. The molecule has 1 aliphatic heterocycles. The van der Waals surface area contributed by atoms with Gasteiger partial charge in [-0.15, -0.1) is 0 Å². The number of aromatic nitrogens is 2. The smallest absolute Gasteiger partial charge is 0.276 e. The molecule has 24 heavy (non-hydrogen) atoms. The molecule has 3 aromatic rings. The van der Waals surface area contributed by atoms with Gasteiger partial charge >= 0.3 is 0 Å². The van der Waals surface area contributed by atoms with Gasteiger partial charge in [0.25, 0.3) is 5.91 Å². The lowest BCUT2D eigenvalue weighted by molar-refractivity contribution is 0.0704. The van der Waals surface area contributed by atoms with Crippen LogP contribution in [0.2, 0.25) is 0 Å². The molecule has 0 radical (unpaired) electrons. The van der Waals surface area contributed by atoms with E-state index in [0.717, 1.165) is 30.7 Å². The van der Waals surface area contributed by atoms with Gasteiger partial charge in [-0.1, -0.05) is 17.2 Å². The maximum atomic E-state index is 12.8. The Kier molecular flexibility index (Phi) is 3.68. The summed E-state index contributed by atoms with van der Waals surface area (Å²) < 4.78 is 15.9. The largest absolute Gasteiger partial charge is 0.461 e. The molecule has 3 aromatic heterocycles. The molecule has 0 spiro atoms. The van der Waals surface area contributed by atoms with E-state index in [1.165, 1.54) is 0 Å². The molecule has 1 aliphatic rings. The highest BCUT2D eigenvalue weighted by atomic mass is 16.5. The lowest BCUT2D eigenvalue weighted by Crippen LogP contribution is -2.30. The van der Waals surface area contributed by atoms with Crippen molar-refractivity contribution >= 4 is 5.91 Å². The van der Waals surface area contributed by atoms with E-state index in [-0.39, 0.29) is 17.6 Å². The Balaban J connectivity index is 1.57. The number of furan rings is 1. The van der Waals surface area contributed by atoms with Gasteiger partial charge < -0.3 is 18.4 Å². The van der Waals surface area contributed by atoms with Gasteiger partial charge in [0.2, 0.25) is 5.76 Å². The van der Waals surface area contributed by atoms with E-state index in [4.69, 9.17) is 13.5 Å². The number of hydrogen-bond donors (Lipinski definition) is 0. The molecule has 0 aliphatic carbocycles. The van der Waals surface area contributed by atoms with Crippen molar-refractivity contribution in [3.63, 3.8) is 0 Å². The maximum absolute atomic E-state index is 12.8. The van der Waals surface area contributed by atoms with E-state index in [1.54, 1.807) is 29.4 Å². The predicted octanol–water partition coefficient (Wildman–Crippen LogP) is 3.46. The first-order valence-electron chi connectivity index (χ1n) is 8.03. The van der Waals surface area contributed by atoms with Crippen LogP contribution in [0.3, 0.4) is 0 Å². The van der Waals surface area contributed by atoms with Crippen LogP contribution in [-0.2, 0) is 6.42 Å². The summed E-state index contributed by atoms with van der Waals surface area (Å²) in [5.74, 6) is 1.54. The molecular formula is C17H17N3O4. The Morgan fingerprint density at radius 1 is 1.29 bits per heavy atom. The monoisotopic (exact) mass is 327 g/mol. The number of carbonyl (C=O) groups excluding carboxylic acids is 1. The standard InChI is InChI=1S/C17H17N3O4/c1-2-11-9-15(23-18-11)13-5-3-7-20(13)17(21)12-10-16(24-19-12)14-6-4-8-22-14/h4,6,8-10,13H,2-3,5,7H2,1H3/t13-/m0/s1. The van der Waals surface area contributed by atoms with Crippen molar-refractivity contribution in [2.24, 2.45) is 0 Å². The highest BCUT2D eigenvalue weighted by Crippen LogP contribution is 2.34. The summed E-state index contributed by atoms with van der Waals surface area (Å²) in [5, 5.41) is 7.92. The van der Waals surface area contributed by atoms with Gasteiger partial charge in [-0.25, -0.2) is 0 Å². The van der Waals surface area contributed by atoms with Gasteiger partial charge in [0.15, 0.2) is 17.2 Å². The first-order valence-corrected chi connectivity index (χ1v) is 8.03. The molecule has 1 fully saturated rings. The molecule has 1 atom stereocenters. The van der Waals surface area contributed by atoms with Crippen LogP contribution in [-0.4, -0.2) is 27.7 Å². The summed E-state index contributed by atoms with van der Waals surface area (Å²) >= 11 is 0. The highest BCUT2D eigenvalue weighted by molar-refractivity contribution is 5.93. The summed E-state index contributed by atoms with van der Waals surface area (Å²) in [6.45, 7) is 2.68. The number of hydrogen-bond acceptors (Lipinski definition) is 6. The molecule has 1 saturated heterocycles.